The highest BCUT2D eigenvalue weighted by atomic mass is 35.5. The Morgan fingerprint density at radius 2 is 2.04 bits per heavy atom. The lowest BCUT2D eigenvalue weighted by molar-refractivity contribution is 0.0679. The summed E-state index contributed by atoms with van der Waals surface area (Å²) in [6, 6.07) is 4.08. The Hall–Kier alpha value is -1.46. The summed E-state index contributed by atoms with van der Waals surface area (Å²) in [7, 11) is 0. The van der Waals surface area contributed by atoms with E-state index < -0.39 is 0 Å². The van der Waals surface area contributed by atoms with Crippen molar-refractivity contribution >= 4 is 17.5 Å². The molecule has 0 spiro atoms. The fraction of sp³-hybridized carbons (Fsp3) is 0.632. The third-order valence-corrected chi connectivity index (χ3v) is 5.18. The number of halogens is 1. The molecule has 25 heavy (non-hydrogen) atoms. The lowest BCUT2D eigenvalue weighted by Gasteiger charge is -2.28. The van der Waals surface area contributed by atoms with Crippen molar-refractivity contribution in [1.29, 1.82) is 0 Å². The van der Waals surface area contributed by atoms with Gasteiger partial charge in [-0.05, 0) is 51.3 Å². The van der Waals surface area contributed by atoms with E-state index in [0.29, 0.717) is 41.3 Å². The van der Waals surface area contributed by atoms with Crippen LogP contribution in [0, 0.1) is 0 Å². The van der Waals surface area contributed by atoms with Gasteiger partial charge in [-0.15, -0.1) is 0 Å². The fourth-order valence-electron chi connectivity index (χ4n) is 3.76. The summed E-state index contributed by atoms with van der Waals surface area (Å²) in [5, 5.41) is 3.86. The summed E-state index contributed by atoms with van der Waals surface area (Å²) in [6.07, 6.45) is 4.04. The van der Waals surface area contributed by atoms with Gasteiger partial charge in [0.05, 0.1) is 18.2 Å². The Morgan fingerprint density at radius 1 is 1.24 bits per heavy atom. The van der Waals surface area contributed by atoms with Crippen molar-refractivity contribution in [2.45, 2.75) is 51.6 Å². The van der Waals surface area contributed by atoms with Gasteiger partial charge in [0.1, 0.15) is 0 Å². The molecule has 0 aromatic heterocycles. The van der Waals surface area contributed by atoms with E-state index in [0.717, 1.165) is 38.8 Å². The molecule has 3 rings (SSSR count). The second-order valence-corrected chi connectivity index (χ2v) is 7.06. The first-order valence-corrected chi connectivity index (χ1v) is 9.66. The van der Waals surface area contributed by atoms with Gasteiger partial charge < -0.3 is 19.7 Å². The average molecular weight is 367 g/mol. The van der Waals surface area contributed by atoms with Gasteiger partial charge >= 0.3 is 0 Å². The standard InChI is InChI=1S/C19H27ClN2O3/c1-3-9-25-18-16(20)10-13(11-17(18)24-4-2)19(23)22-14-5-6-15(22)12-21-8-7-14/h10-11,14-15,21H,3-9,12H2,1-2H3. The Labute approximate surface area is 154 Å². The van der Waals surface area contributed by atoms with Gasteiger partial charge in [-0.3, -0.25) is 4.79 Å². The number of ether oxygens (including phenoxy) is 2. The molecule has 2 fully saturated rings. The van der Waals surface area contributed by atoms with Gasteiger partial charge in [0, 0.05) is 24.2 Å². The van der Waals surface area contributed by atoms with Crippen molar-refractivity contribution in [2.75, 3.05) is 26.3 Å². The summed E-state index contributed by atoms with van der Waals surface area (Å²) in [5.41, 5.74) is 0.580. The van der Waals surface area contributed by atoms with Crippen LogP contribution in [0.5, 0.6) is 11.5 Å². The summed E-state index contributed by atoms with van der Waals surface area (Å²) < 4.78 is 11.4. The highest BCUT2D eigenvalue weighted by Crippen LogP contribution is 2.38. The van der Waals surface area contributed by atoms with Crippen molar-refractivity contribution in [1.82, 2.24) is 10.2 Å². The molecule has 2 saturated heterocycles. The number of rotatable bonds is 6. The molecule has 0 radical (unpaired) electrons. The van der Waals surface area contributed by atoms with Gasteiger partial charge in [0.25, 0.3) is 5.91 Å². The maximum Gasteiger partial charge on any atom is 0.254 e. The van der Waals surface area contributed by atoms with Crippen molar-refractivity contribution in [3.63, 3.8) is 0 Å². The molecule has 2 bridgehead atoms. The van der Waals surface area contributed by atoms with Crippen LogP contribution < -0.4 is 14.8 Å². The molecule has 2 heterocycles. The van der Waals surface area contributed by atoms with Crippen LogP contribution in [0.4, 0.5) is 0 Å². The molecule has 2 atom stereocenters. The van der Waals surface area contributed by atoms with E-state index in [1.165, 1.54) is 0 Å². The second kappa shape index (κ2) is 8.28. The van der Waals surface area contributed by atoms with Gasteiger partial charge in [-0.2, -0.15) is 0 Å². The number of benzene rings is 1. The van der Waals surface area contributed by atoms with Crippen LogP contribution in [0.1, 0.15) is 49.9 Å². The Bertz CT molecular complexity index is 609. The van der Waals surface area contributed by atoms with Crippen molar-refractivity contribution < 1.29 is 14.3 Å². The fourth-order valence-corrected chi connectivity index (χ4v) is 4.03. The van der Waals surface area contributed by atoms with Crippen molar-refractivity contribution in [3.8, 4) is 11.5 Å². The summed E-state index contributed by atoms with van der Waals surface area (Å²) in [5.74, 6) is 1.12. The van der Waals surface area contributed by atoms with E-state index in [1.54, 1.807) is 12.1 Å². The molecule has 2 aliphatic heterocycles. The number of amides is 1. The highest BCUT2D eigenvalue weighted by molar-refractivity contribution is 6.32. The first-order valence-electron chi connectivity index (χ1n) is 9.28. The molecular weight excluding hydrogens is 340 g/mol. The zero-order valence-corrected chi connectivity index (χ0v) is 15.8. The van der Waals surface area contributed by atoms with Crippen LogP contribution in [0.25, 0.3) is 0 Å². The minimum absolute atomic E-state index is 0.0427. The topological polar surface area (TPSA) is 50.8 Å². The van der Waals surface area contributed by atoms with Crippen LogP contribution in [0.2, 0.25) is 5.02 Å². The molecule has 0 aliphatic carbocycles. The summed E-state index contributed by atoms with van der Waals surface area (Å²) in [4.78, 5) is 15.2. The molecular formula is C19H27ClN2O3. The first-order chi connectivity index (χ1) is 12.2. The van der Waals surface area contributed by atoms with Gasteiger partial charge in [-0.1, -0.05) is 18.5 Å². The van der Waals surface area contributed by atoms with Gasteiger partial charge in [-0.25, -0.2) is 0 Å². The van der Waals surface area contributed by atoms with Crippen LogP contribution in [0.3, 0.4) is 0 Å². The third-order valence-electron chi connectivity index (χ3n) is 4.90. The normalized spacial score (nSPS) is 22.6. The van der Waals surface area contributed by atoms with Crippen molar-refractivity contribution in [2.24, 2.45) is 0 Å². The van der Waals surface area contributed by atoms with E-state index >= 15 is 0 Å². The summed E-state index contributed by atoms with van der Waals surface area (Å²) >= 11 is 6.42. The van der Waals surface area contributed by atoms with E-state index in [1.807, 2.05) is 18.7 Å². The van der Waals surface area contributed by atoms with E-state index in [-0.39, 0.29) is 11.9 Å². The monoisotopic (exact) mass is 366 g/mol. The van der Waals surface area contributed by atoms with E-state index in [9.17, 15) is 4.79 Å². The van der Waals surface area contributed by atoms with E-state index in [4.69, 9.17) is 21.1 Å². The average Bonchev–Trinajstić information content (AvgIpc) is 2.86. The zero-order chi connectivity index (χ0) is 17.8. The van der Waals surface area contributed by atoms with Crippen LogP contribution in [0.15, 0.2) is 12.1 Å². The molecule has 2 aliphatic rings. The summed E-state index contributed by atoms with van der Waals surface area (Å²) in [6.45, 7) is 6.85. The predicted molar refractivity (Wildman–Crippen MR) is 98.9 cm³/mol. The zero-order valence-electron chi connectivity index (χ0n) is 15.0. The van der Waals surface area contributed by atoms with Crippen LogP contribution >= 0.6 is 11.6 Å². The predicted octanol–water partition coefficient (Wildman–Crippen LogP) is 3.49. The lowest BCUT2D eigenvalue weighted by atomic mass is 10.1. The number of fused-ring (bicyclic) bond motifs is 2. The Balaban J connectivity index is 1.89. The van der Waals surface area contributed by atoms with Gasteiger partial charge in [0.2, 0.25) is 0 Å². The smallest absolute Gasteiger partial charge is 0.254 e. The second-order valence-electron chi connectivity index (χ2n) is 6.66. The number of carbonyl (C=O) groups is 1. The Morgan fingerprint density at radius 3 is 2.80 bits per heavy atom. The quantitative estimate of drug-likeness (QED) is 0.837. The van der Waals surface area contributed by atoms with Crippen molar-refractivity contribution in [3.05, 3.63) is 22.7 Å². The SMILES string of the molecule is CCCOc1c(Cl)cc(C(=O)N2C3CCNCC2CC3)cc1OCC. The highest BCUT2D eigenvalue weighted by Gasteiger charge is 2.38. The maximum atomic E-state index is 13.2. The number of hydrogen-bond donors (Lipinski definition) is 1. The number of hydrogen-bond acceptors (Lipinski definition) is 4. The third kappa shape index (κ3) is 3.87. The number of nitrogens with zero attached hydrogens (tertiary/aromatic N) is 1. The molecule has 138 valence electrons. The maximum absolute atomic E-state index is 13.2. The minimum Gasteiger partial charge on any atom is -0.490 e. The molecule has 1 aromatic rings. The molecule has 0 saturated carbocycles. The van der Waals surface area contributed by atoms with Crippen LogP contribution in [-0.4, -0.2) is 49.2 Å². The molecule has 1 N–H and O–H groups in total. The minimum atomic E-state index is 0.0427. The first kappa shape index (κ1) is 18.3. The Kier molecular flexibility index (Phi) is 6.07. The number of carbonyl (C=O) groups excluding carboxylic acids is 1. The van der Waals surface area contributed by atoms with Gasteiger partial charge in [0.15, 0.2) is 11.5 Å². The van der Waals surface area contributed by atoms with Crippen LogP contribution in [-0.2, 0) is 0 Å². The molecule has 1 amide bonds. The molecule has 6 heteroatoms. The van der Waals surface area contributed by atoms with E-state index in [2.05, 4.69) is 5.32 Å². The molecule has 2 unspecified atom stereocenters. The lowest BCUT2D eigenvalue weighted by Crippen LogP contribution is -2.42. The number of nitrogens with one attached hydrogen (secondary N) is 1. The molecule has 1 aromatic carbocycles. The largest absolute Gasteiger partial charge is 0.490 e. The molecule has 5 nitrogen and oxygen atoms in total.